The fourth-order valence-electron chi connectivity index (χ4n) is 4.17. The molecule has 10 nitrogen and oxygen atoms in total. The second-order valence-corrected chi connectivity index (χ2v) is 12.2. The molecule has 208 valence electrons. The Morgan fingerprint density at radius 2 is 1.82 bits per heavy atom. The largest absolute Gasteiger partial charge is 0.497 e. The van der Waals surface area contributed by atoms with Gasteiger partial charge in [-0.2, -0.15) is 4.31 Å². The van der Waals surface area contributed by atoms with Crippen LogP contribution in [0.4, 0.5) is 4.79 Å². The summed E-state index contributed by atoms with van der Waals surface area (Å²) in [5.74, 6) is 0.356. The number of sulfonamides is 1. The molecule has 3 N–H and O–H groups in total. The number of amides is 2. The Morgan fingerprint density at radius 1 is 1.16 bits per heavy atom. The maximum Gasteiger partial charge on any atom is 0.407 e. The number of aliphatic hydroxyl groups is 1. The Bertz CT molecular complexity index is 1180. The molecule has 0 aromatic heterocycles. The van der Waals surface area contributed by atoms with Crippen LogP contribution in [-0.4, -0.2) is 73.8 Å². The Hall–Kier alpha value is -3.15. The van der Waals surface area contributed by atoms with Crippen LogP contribution in [0.1, 0.15) is 39.2 Å². The van der Waals surface area contributed by atoms with E-state index in [4.69, 9.17) is 9.47 Å². The predicted molar refractivity (Wildman–Crippen MR) is 142 cm³/mol. The van der Waals surface area contributed by atoms with Gasteiger partial charge in [-0.1, -0.05) is 30.3 Å². The van der Waals surface area contributed by atoms with Crippen molar-refractivity contribution in [2.24, 2.45) is 0 Å². The zero-order valence-electron chi connectivity index (χ0n) is 22.2. The molecule has 0 aliphatic carbocycles. The van der Waals surface area contributed by atoms with E-state index in [2.05, 4.69) is 10.6 Å². The van der Waals surface area contributed by atoms with Crippen molar-refractivity contribution in [3.05, 3.63) is 60.2 Å². The summed E-state index contributed by atoms with van der Waals surface area (Å²) >= 11 is 0. The zero-order chi connectivity index (χ0) is 27.9. The summed E-state index contributed by atoms with van der Waals surface area (Å²) < 4.78 is 39.0. The second-order valence-electron chi connectivity index (χ2n) is 10.3. The van der Waals surface area contributed by atoms with Gasteiger partial charge in [-0.05, 0) is 63.4 Å². The molecule has 2 aromatic carbocycles. The van der Waals surface area contributed by atoms with E-state index in [0.717, 1.165) is 9.87 Å². The number of hydrogen-bond donors (Lipinski definition) is 3. The van der Waals surface area contributed by atoms with Crippen molar-refractivity contribution in [2.75, 3.05) is 20.2 Å². The van der Waals surface area contributed by atoms with Gasteiger partial charge in [-0.15, -0.1) is 0 Å². The number of aliphatic hydroxyl groups excluding tert-OH is 1. The van der Waals surface area contributed by atoms with Crippen molar-refractivity contribution in [1.29, 1.82) is 0 Å². The van der Waals surface area contributed by atoms with Gasteiger partial charge in [-0.25, -0.2) is 13.2 Å². The van der Waals surface area contributed by atoms with Crippen molar-refractivity contribution >= 4 is 22.0 Å². The van der Waals surface area contributed by atoms with Gasteiger partial charge in [0.05, 0.1) is 24.2 Å². The molecule has 1 aliphatic heterocycles. The number of rotatable bonds is 11. The molecule has 2 amide bonds. The van der Waals surface area contributed by atoms with Crippen molar-refractivity contribution in [2.45, 2.75) is 68.7 Å². The van der Waals surface area contributed by atoms with Crippen LogP contribution in [0.2, 0.25) is 0 Å². The van der Waals surface area contributed by atoms with Gasteiger partial charge in [-0.3, -0.25) is 4.79 Å². The van der Waals surface area contributed by atoms with E-state index in [-0.39, 0.29) is 30.3 Å². The maximum absolute atomic E-state index is 13.7. The van der Waals surface area contributed by atoms with Crippen LogP contribution in [0.25, 0.3) is 0 Å². The molecule has 38 heavy (non-hydrogen) atoms. The topological polar surface area (TPSA) is 134 Å². The first-order valence-corrected chi connectivity index (χ1v) is 14.0. The third kappa shape index (κ3) is 8.44. The number of carbonyl (C=O) groups is 2. The quantitative estimate of drug-likeness (QED) is 0.393. The molecule has 0 radical (unpaired) electrons. The number of methoxy groups -OCH3 is 1. The van der Waals surface area contributed by atoms with Crippen molar-refractivity contribution in [3.63, 3.8) is 0 Å². The summed E-state index contributed by atoms with van der Waals surface area (Å²) in [5, 5.41) is 16.8. The summed E-state index contributed by atoms with van der Waals surface area (Å²) in [6.45, 7) is 4.85. The van der Waals surface area contributed by atoms with E-state index >= 15 is 0 Å². The van der Waals surface area contributed by atoms with E-state index in [9.17, 15) is 23.1 Å². The third-order valence-corrected chi connectivity index (χ3v) is 7.91. The standard InChI is InChI=1S/C27H37N3O7S/c1-27(2,3)37-26(33)29-23(16-19-8-6-5-7-9-19)24(31)18-30(17-20-10-15-25(32)28-20)38(34,35)22-13-11-21(36-4)12-14-22/h5-9,11-14,20,23-24,31H,10,15-18H2,1-4H3,(H,28,32)(H,29,33)/t20?,23-,24+/m0/s1. The van der Waals surface area contributed by atoms with E-state index in [0.29, 0.717) is 18.6 Å². The summed E-state index contributed by atoms with van der Waals surface area (Å²) in [5.41, 5.74) is 0.0942. The molecule has 1 saturated heterocycles. The molecule has 1 fully saturated rings. The molecule has 0 spiro atoms. The lowest BCUT2D eigenvalue weighted by molar-refractivity contribution is -0.119. The van der Waals surface area contributed by atoms with Gasteiger partial charge >= 0.3 is 6.09 Å². The van der Waals surface area contributed by atoms with Crippen molar-refractivity contribution in [3.8, 4) is 5.75 Å². The molecule has 0 saturated carbocycles. The van der Waals surface area contributed by atoms with Gasteiger partial charge in [0.2, 0.25) is 15.9 Å². The molecule has 1 unspecified atom stereocenters. The highest BCUT2D eigenvalue weighted by Gasteiger charge is 2.34. The van der Waals surface area contributed by atoms with E-state index in [1.165, 1.54) is 19.2 Å². The van der Waals surface area contributed by atoms with E-state index in [1.807, 2.05) is 30.3 Å². The van der Waals surface area contributed by atoms with Gasteiger partial charge in [0.25, 0.3) is 0 Å². The molecular weight excluding hydrogens is 510 g/mol. The predicted octanol–water partition coefficient (Wildman–Crippen LogP) is 2.46. The Balaban J connectivity index is 1.87. The van der Waals surface area contributed by atoms with Gasteiger partial charge in [0, 0.05) is 25.6 Å². The fraction of sp³-hybridized carbons (Fsp3) is 0.481. The monoisotopic (exact) mass is 547 g/mol. The third-order valence-electron chi connectivity index (χ3n) is 6.06. The maximum atomic E-state index is 13.7. The Morgan fingerprint density at radius 3 is 2.37 bits per heavy atom. The van der Waals surface area contributed by atoms with Crippen molar-refractivity contribution in [1.82, 2.24) is 14.9 Å². The summed E-state index contributed by atoms with van der Waals surface area (Å²) in [4.78, 5) is 24.4. The van der Waals surface area contributed by atoms with Crippen LogP contribution < -0.4 is 15.4 Å². The van der Waals surface area contributed by atoms with Crippen LogP contribution in [0.5, 0.6) is 5.75 Å². The zero-order valence-corrected chi connectivity index (χ0v) is 23.0. The first-order chi connectivity index (χ1) is 17.9. The lowest BCUT2D eigenvalue weighted by Gasteiger charge is -2.31. The SMILES string of the molecule is COc1ccc(S(=O)(=O)N(CC2CCC(=O)N2)C[C@@H](O)[C@H](Cc2ccccc2)NC(=O)OC(C)(C)C)cc1. The van der Waals surface area contributed by atoms with E-state index < -0.39 is 39.9 Å². The van der Waals surface area contributed by atoms with Crippen molar-refractivity contribution < 1.29 is 32.6 Å². The normalized spacial score (nSPS) is 17.5. The minimum atomic E-state index is -4.07. The Labute approximate surface area is 224 Å². The van der Waals surface area contributed by atoms with Gasteiger partial charge in [0.15, 0.2) is 0 Å². The lowest BCUT2D eigenvalue weighted by Crippen LogP contribution is -2.53. The van der Waals surface area contributed by atoms with Gasteiger partial charge in [0.1, 0.15) is 11.4 Å². The smallest absolute Gasteiger partial charge is 0.407 e. The molecule has 3 rings (SSSR count). The van der Waals surface area contributed by atoms with Crippen LogP contribution in [-0.2, 0) is 26.0 Å². The molecule has 1 aliphatic rings. The molecule has 0 bridgehead atoms. The number of carbonyl (C=O) groups excluding carboxylic acids is 2. The second kappa shape index (κ2) is 12.6. The fourth-order valence-corrected chi connectivity index (χ4v) is 5.68. The average molecular weight is 548 g/mol. The molecule has 1 heterocycles. The molecular formula is C27H37N3O7S. The first-order valence-electron chi connectivity index (χ1n) is 12.5. The minimum Gasteiger partial charge on any atom is -0.497 e. The van der Waals surface area contributed by atoms with Gasteiger partial charge < -0.3 is 25.2 Å². The van der Waals surface area contributed by atoms with Crippen LogP contribution in [0, 0.1) is 0 Å². The summed E-state index contributed by atoms with van der Waals surface area (Å²) in [6.07, 6.45) is -0.969. The number of ether oxygens (including phenoxy) is 2. The number of hydrogen-bond acceptors (Lipinski definition) is 7. The molecule has 3 atom stereocenters. The highest BCUT2D eigenvalue weighted by Crippen LogP contribution is 2.22. The summed E-state index contributed by atoms with van der Waals surface area (Å²) in [7, 11) is -2.58. The number of alkyl carbamates (subject to hydrolysis) is 1. The van der Waals surface area contributed by atoms with Crippen LogP contribution >= 0.6 is 0 Å². The van der Waals surface area contributed by atoms with Crippen LogP contribution in [0.3, 0.4) is 0 Å². The highest BCUT2D eigenvalue weighted by atomic mass is 32.2. The van der Waals surface area contributed by atoms with Crippen LogP contribution in [0.15, 0.2) is 59.5 Å². The number of nitrogens with zero attached hydrogens (tertiary/aromatic N) is 1. The van der Waals surface area contributed by atoms with E-state index in [1.54, 1.807) is 32.9 Å². The molecule has 2 aromatic rings. The number of benzene rings is 2. The lowest BCUT2D eigenvalue weighted by atomic mass is 10.0. The molecule has 11 heteroatoms. The first kappa shape index (κ1) is 29.4. The minimum absolute atomic E-state index is 0.0227. The average Bonchev–Trinajstić information content (AvgIpc) is 3.27. The number of nitrogens with one attached hydrogen (secondary N) is 2. The highest BCUT2D eigenvalue weighted by molar-refractivity contribution is 7.89. The summed E-state index contributed by atoms with van der Waals surface area (Å²) in [6, 6.07) is 14.0. The Kier molecular flexibility index (Phi) is 9.75.